The monoisotopic (exact) mass is 367 g/mol. The van der Waals surface area contributed by atoms with Crippen LogP contribution in [0.2, 0.25) is 0 Å². The predicted molar refractivity (Wildman–Crippen MR) is 103 cm³/mol. The molecule has 0 amide bonds. The molecule has 0 radical (unpaired) electrons. The summed E-state index contributed by atoms with van der Waals surface area (Å²) >= 11 is 1.68. The SMILES string of the molecule is COc1ccc(CN2CCc3nc(-c4cccs4)ncc3C2)cc1OC. The summed E-state index contributed by atoms with van der Waals surface area (Å²) in [5, 5.41) is 2.06. The van der Waals surface area contributed by atoms with Gasteiger partial charge in [-0.2, -0.15) is 0 Å². The Morgan fingerprint density at radius 2 is 2.04 bits per heavy atom. The van der Waals surface area contributed by atoms with Gasteiger partial charge < -0.3 is 9.47 Å². The number of rotatable bonds is 5. The van der Waals surface area contributed by atoms with Crippen LogP contribution in [0.3, 0.4) is 0 Å². The fourth-order valence-corrected chi connectivity index (χ4v) is 3.94. The van der Waals surface area contributed by atoms with Crippen molar-refractivity contribution in [3.63, 3.8) is 0 Å². The maximum absolute atomic E-state index is 5.41. The van der Waals surface area contributed by atoms with Gasteiger partial charge in [0.1, 0.15) is 0 Å². The molecule has 0 bridgehead atoms. The van der Waals surface area contributed by atoms with Crippen LogP contribution in [0.15, 0.2) is 41.9 Å². The summed E-state index contributed by atoms with van der Waals surface area (Å²) in [6.45, 7) is 2.73. The van der Waals surface area contributed by atoms with Gasteiger partial charge in [0.2, 0.25) is 0 Å². The van der Waals surface area contributed by atoms with Crippen LogP contribution in [0.4, 0.5) is 0 Å². The molecule has 3 heterocycles. The highest BCUT2D eigenvalue weighted by Gasteiger charge is 2.19. The third-order valence-corrected chi connectivity index (χ3v) is 5.47. The number of benzene rings is 1. The van der Waals surface area contributed by atoms with Gasteiger partial charge in [-0.05, 0) is 29.1 Å². The summed E-state index contributed by atoms with van der Waals surface area (Å²) in [5.74, 6) is 2.37. The normalized spacial score (nSPS) is 14.1. The third kappa shape index (κ3) is 3.43. The van der Waals surface area contributed by atoms with E-state index in [1.165, 1.54) is 16.8 Å². The van der Waals surface area contributed by atoms with Gasteiger partial charge in [0, 0.05) is 37.8 Å². The molecule has 1 aliphatic rings. The van der Waals surface area contributed by atoms with Crippen molar-refractivity contribution in [1.29, 1.82) is 0 Å². The molecule has 3 aromatic rings. The van der Waals surface area contributed by atoms with Crippen LogP contribution in [0.25, 0.3) is 10.7 Å². The van der Waals surface area contributed by atoms with E-state index in [0.29, 0.717) is 0 Å². The zero-order valence-electron chi connectivity index (χ0n) is 14.9. The van der Waals surface area contributed by atoms with E-state index in [9.17, 15) is 0 Å². The molecule has 1 aromatic carbocycles. The second-order valence-corrected chi connectivity index (χ2v) is 7.24. The summed E-state index contributed by atoms with van der Waals surface area (Å²) in [6, 6.07) is 10.2. The first-order chi connectivity index (χ1) is 12.8. The fourth-order valence-electron chi connectivity index (χ4n) is 3.27. The van der Waals surface area contributed by atoms with Gasteiger partial charge in [-0.15, -0.1) is 11.3 Å². The second kappa shape index (κ2) is 7.43. The zero-order valence-corrected chi connectivity index (χ0v) is 15.8. The number of ether oxygens (including phenoxy) is 2. The average molecular weight is 367 g/mol. The highest BCUT2D eigenvalue weighted by molar-refractivity contribution is 7.13. The van der Waals surface area contributed by atoms with Crippen LogP contribution in [-0.4, -0.2) is 35.6 Å². The second-order valence-electron chi connectivity index (χ2n) is 6.29. The third-order valence-electron chi connectivity index (χ3n) is 4.61. The lowest BCUT2D eigenvalue weighted by molar-refractivity contribution is 0.242. The van der Waals surface area contributed by atoms with Crippen molar-refractivity contribution in [3.8, 4) is 22.2 Å². The van der Waals surface area contributed by atoms with Gasteiger partial charge in [-0.3, -0.25) is 4.90 Å². The van der Waals surface area contributed by atoms with E-state index in [-0.39, 0.29) is 0 Å². The molecule has 134 valence electrons. The molecule has 1 aliphatic heterocycles. The van der Waals surface area contributed by atoms with Crippen molar-refractivity contribution >= 4 is 11.3 Å². The molecule has 0 saturated carbocycles. The number of hydrogen-bond acceptors (Lipinski definition) is 6. The van der Waals surface area contributed by atoms with Gasteiger partial charge in [0.05, 0.1) is 24.8 Å². The Hall–Kier alpha value is -2.44. The minimum Gasteiger partial charge on any atom is -0.493 e. The first-order valence-electron chi connectivity index (χ1n) is 8.58. The number of hydrogen-bond donors (Lipinski definition) is 0. The van der Waals surface area contributed by atoms with E-state index in [0.717, 1.165) is 48.3 Å². The van der Waals surface area contributed by atoms with E-state index < -0.39 is 0 Å². The lowest BCUT2D eigenvalue weighted by atomic mass is 10.1. The Bertz CT molecular complexity index is 896. The molecule has 6 heteroatoms. The Balaban J connectivity index is 1.49. The van der Waals surface area contributed by atoms with Crippen molar-refractivity contribution in [3.05, 3.63) is 58.7 Å². The van der Waals surface area contributed by atoms with Gasteiger partial charge >= 0.3 is 0 Å². The van der Waals surface area contributed by atoms with Crippen LogP contribution in [0.1, 0.15) is 16.8 Å². The Labute approximate surface area is 157 Å². The molecule has 4 rings (SSSR count). The molecular formula is C20H21N3O2S. The van der Waals surface area contributed by atoms with Crippen molar-refractivity contribution in [2.24, 2.45) is 0 Å². The average Bonchev–Trinajstić information content (AvgIpc) is 3.22. The standard InChI is InChI=1S/C20H21N3O2S/c1-24-17-6-5-14(10-18(17)25-2)12-23-8-7-16-15(13-23)11-21-20(22-16)19-4-3-9-26-19/h3-6,9-11H,7-8,12-13H2,1-2H3. The lowest BCUT2D eigenvalue weighted by Crippen LogP contribution is -2.31. The van der Waals surface area contributed by atoms with E-state index >= 15 is 0 Å². The maximum Gasteiger partial charge on any atom is 0.169 e. The minimum atomic E-state index is 0.759. The first kappa shape index (κ1) is 17.0. The van der Waals surface area contributed by atoms with Crippen molar-refractivity contribution < 1.29 is 9.47 Å². The summed E-state index contributed by atoms with van der Waals surface area (Å²) in [5.41, 5.74) is 3.60. The molecule has 0 N–H and O–H groups in total. The highest BCUT2D eigenvalue weighted by atomic mass is 32.1. The van der Waals surface area contributed by atoms with Crippen LogP contribution >= 0.6 is 11.3 Å². The Kier molecular flexibility index (Phi) is 4.86. The number of thiophene rings is 1. The molecule has 26 heavy (non-hydrogen) atoms. The molecule has 5 nitrogen and oxygen atoms in total. The summed E-state index contributed by atoms with van der Waals surface area (Å²) in [4.78, 5) is 12.9. The Morgan fingerprint density at radius 3 is 2.81 bits per heavy atom. The fraction of sp³-hybridized carbons (Fsp3) is 0.300. The lowest BCUT2D eigenvalue weighted by Gasteiger charge is -2.28. The van der Waals surface area contributed by atoms with Gasteiger partial charge in [0.25, 0.3) is 0 Å². The molecule has 0 saturated heterocycles. The maximum atomic E-state index is 5.41. The van der Waals surface area contributed by atoms with E-state index in [2.05, 4.69) is 27.4 Å². The van der Waals surface area contributed by atoms with Crippen LogP contribution in [-0.2, 0) is 19.5 Å². The van der Waals surface area contributed by atoms with E-state index in [1.807, 2.05) is 24.4 Å². The molecule has 0 fully saturated rings. The molecule has 2 aromatic heterocycles. The summed E-state index contributed by atoms with van der Waals surface area (Å²) in [7, 11) is 3.32. The van der Waals surface area contributed by atoms with Crippen LogP contribution in [0, 0.1) is 0 Å². The van der Waals surface area contributed by atoms with E-state index in [4.69, 9.17) is 14.5 Å². The molecular weight excluding hydrogens is 346 g/mol. The largest absolute Gasteiger partial charge is 0.493 e. The summed E-state index contributed by atoms with van der Waals surface area (Å²) in [6.07, 6.45) is 2.93. The topological polar surface area (TPSA) is 47.5 Å². The predicted octanol–water partition coefficient (Wildman–Crippen LogP) is 3.78. The van der Waals surface area contributed by atoms with Crippen LogP contribution < -0.4 is 9.47 Å². The molecule has 0 aliphatic carbocycles. The summed E-state index contributed by atoms with van der Waals surface area (Å²) < 4.78 is 10.7. The van der Waals surface area contributed by atoms with Crippen molar-refractivity contribution in [2.45, 2.75) is 19.5 Å². The number of methoxy groups -OCH3 is 2. The van der Waals surface area contributed by atoms with Crippen LogP contribution in [0.5, 0.6) is 11.5 Å². The highest BCUT2D eigenvalue weighted by Crippen LogP contribution is 2.29. The Morgan fingerprint density at radius 1 is 1.15 bits per heavy atom. The minimum absolute atomic E-state index is 0.759. The smallest absolute Gasteiger partial charge is 0.169 e. The quantitative estimate of drug-likeness (QED) is 0.687. The van der Waals surface area contributed by atoms with Gasteiger partial charge in [0.15, 0.2) is 17.3 Å². The molecule has 0 spiro atoms. The van der Waals surface area contributed by atoms with E-state index in [1.54, 1.807) is 25.6 Å². The number of fused-ring (bicyclic) bond motifs is 1. The molecule has 0 unspecified atom stereocenters. The number of nitrogens with zero attached hydrogens (tertiary/aromatic N) is 3. The van der Waals surface area contributed by atoms with Crippen molar-refractivity contribution in [2.75, 3.05) is 20.8 Å². The van der Waals surface area contributed by atoms with Gasteiger partial charge in [-0.1, -0.05) is 12.1 Å². The van der Waals surface area contributed by atoms with Crippen molar-refractivity contribution in [1.82, 2.24) is 14.9 Å². The first-order valence-corrected chi connectivity index (χ1v) is 9.46. The zero-order chi connectivity index (χ0) is 17.9. The molecule has 0 atom stereocenters. The number of aromatic nitrogens is 2. The van der Waals surface area contributed by atoms with Gasteiger partial charge in [-0.25, -0.2) is 9.97 Å².